The topological polar surface area (TPSA) is 42.1 Å². The molecule has 1 saturated carbocycles. The molecular weight excluding hydrogens is 258 g/mol. The minimum absolute atomic E-state index is 0.735. The van der Waals surface area contributed by atoms with Gasteiger partial charge in [-0.2, -0.15) is 0 Å². The highest BCUT2D eigenvalue weighted by molar-refractivity contribution is 6.01. The van der Waals surface area contributed by atoms with Crippen LogP contribution in [0, 0.1) is 12.8 Å². The Bertz CT molecular complexity index is 679. The average molecular weight is 281 g/mol. The van der Waals surface area contributed by atoms with Crippen molar-refractivity contribution < 1.29 is 0 Å². The fraction of sp³-hybridized carbons (Fsp3) is 0.500. The molecule has 2 N–H and O–H groups in total. The van der Waals surface area contributed by atoms with E-state index in [1.165, 1.54) is 49.7 Å². The molecule has 1 aromatic heterocycles. The normalized spacial score (nSPS) is 25.3. The van der Waals surface area contributed by atoms with E-state index in [2.05, 4.69) is 28.9 Å². The Hall–Kier alpha value is -1.77. The van der Waals surface area contributed by atoms with Gasteiger partial charge in [-0.25, -0.2) is 0 Å². The highest BCUT2D eigenvalue weighted by Gasteiger charge is 2.35. The molecule has 3 nitrogen and oxygen atoms in total. The maximum absolute atomic E-state index is 6.15. The number of piperidine rings is 1. The molecule has 0 radical (unpaired) electrons. The van der Waals surface area contributed by atoms with Gasteiger partial charge in [0.2, 0.25) is 0 Å². The Labute approximate surface area is 126 Å². The summed E-state index contributed by atoms with van der Waals surface area (Å²) in [5.41, 5.74) is 9.41. The molecule has 2 aliphatic rings. The third-order valence-electron chi connectivity index (χ3n) is 5.35. The van der Waals surface area contributed by atoms with Gasteiger partial charge in [0.15, 0.2) is 0 Å². The van der Waals surface area contributed by atoms with E-state index < -0.39 is 0 Å². The fourth-order valence-electron chi connectivity index (χ4n) is 4.35. The molecule has 1 aromatic carbocycles. The van der Waals surface area contributed by atoms with Crippen LogP contribution in [0.1, 0.15) is 37.8 Å². The molecule has 0 bridgehead atoms. The first kappa shape index (κ1) is 12.9. The zero-order valence-corrected chi connectivity index (χ0v) is 12.7. The summed E-state index contributed by atoms with van der Waals surface area (Å²) in [5.74, 6) is 0.897. The summed E-state index contributed by atoms with van der Waals surface area (Å²) in [7, 11) is 0. The van der Waals surface area contributed by atoms with E-state index in [1.807, 2.05) is 12.3 Å². The van der Waals surface area contributed by atoms with Crippen molar-refractivity contribution in [1.82, 2.24) is 4.98 Å². The van der Waals surface area contributed by atoms with Crippen molar-refractivity contribution >= 4 is 22.1 Å². The number of rotatable bonds is 1. The third kappa shape index (κ3) is 2.06. The smallest absolute Gasteiger partial charge is 0.0451 e. The Kier molecular flexibility index (Phi) is 3.02. The Morgan fingerprint density at radius 2 is 2.00 bits per heavy atom. The minimum Gasteiger partial charge on any atom is -0.398 e. The number of hydrogen-bond acceptors (Lipinski definition) is 3. The van der Waals surface area contributed by atoms with E-state index in [0.717, 1.165) is 28.7 Å². The van der Waals surface area contributed by atoms with Crippen LogP contribution in [0.4, 0.5) is 11.4 Å². The lowest BCUT2D eigenvalue weighted by atomic mass is 9.91. The molecule has 110 valence electrons. The molecule has 2 aromatic rings. The van der Waals surface area contributed by atoms with Gasteiger partial charge in [-0.05, 0) is 56.7 Å². The van der Waals surface area contributed by atoms with E-state index in [-0.39, 0.29) is 0 Å². The Morgan fingerprint density at radius 1 is 1.14 bits per heavy atom. The second-order valence-corrected chi connectivity index (χ2v) is 6.64. The molecular formula is C18H23N3. The van der Waals surface area contributed by atoms with Crippen LogP contribution in [-0.4, -0.2) is 17.6 Å². The Morgan fingerprint density at radius 3 is 2.90 bits per heavy atom. The molecule has 0 amide bonds. The first-order valence-electron chi connectivity index (χ1n) is 8.15. The molecule has 1 aliphatic heterocycles. The number of benzene rings is 1. The van der Waals surface area contributed by atoms with Gasteiger partial charge >= 0.3 is 0 Å². The van der Waals surface area contributed by atoms with E-state index >= 15 is 0 Å². The van der Waals surface area contributed by atoms with Crippen molar-refractivity contribution in [2.24, 2.45) is 5.92 Å². The second kappa shape index (κ2) is 4.90. The summed E-state index contributed by atoms with van der Waals surface area (Å²) < 4.78 is 0. The van der Waals surface area contributed by atoms with E-state index in [9.17, 15) is 0 Å². The summed E-state index contributed by atoms with van der Waals surface area (Å²) in [6, 6.07) is 7.20. The largest absolute Gasteiger partial charge is 0.398 e. The van der Waals surface area contributed by atoms with E-state index in [0.29, 0.717) is 0 Å². The van der Waals surface area contributed by atoms with Gasteiger partial charge < -0.3 is 10.6 Å². The summed E-state index contributed by atoms with van der Waals surface area (Å²) in [6.45, 7) is 3.24. The lowest BCUT2D eigenvalue weighted by Gasteiger charge is -2.40. The molecule has 2 unspecified atom stereocenters. The van der Waals surface area contributed by atoms with Crippen molar-refractivity contribution in [3.05, 3.63) is 30.1 Å². The van der Waals surface area contributed by atoms with Gasteiger partial charge in [0, 0.05) is 46.6 Å². The van der Waals surface area contributed by atoms with Crippen LogP contribution in [0.2, 0.25) is 0 Å². The highest BCUT2D eigenvalue weighted by Crippen LogP contribution is 2.41. The quantitative estimate of drug-likeness (QED) is 0.806. The number of nitrogens with zero attached hydrogens (tertiary/aromatic N) is 2. The molecule has 2 heterocycles. The number of pyridine rings is 1. The summed E-state index contributed by atoms with van der Waals surface area (Å²) in [5, 5.41) is 2.37. The first-order valence-corrected chi connectivity index (χ1v) is 8.15. The van der Waals surface area contributed by atoms with Crippen LogP contribution < -0.4 is 10.6 Å². The van der Waals surface area contributed by atoms with Gasteiger partial charge in [0.25, 0.3) is 0 Å². The Balaban J connectivity index is 1.86. The first-order chi connectivity index (χ1) is 10.2. The van der Waals surface area contributed by atoms with Crippen molar-refractivity contribution in [2.75, 3.05) is 17.2 Å². The predicted octanol–water partition coefficient (Wildman–Crippen LogP) is 3.89. The average Bonchev–Trinajstić information content (AvgIpc) is 2.96. The number of fused-ring (bicyclic) bond motifs is 2. The number of aromatic nitrogens is 1. The number of nitrogens with two attached hydrogens (primary N) is 1. The molecule has 1 saturated heterocycles. The van der Waals surface area contributed by atoms with Crippen molar-refractivity contribution in [3.8, 4) is 0 Å². The van der Waals surface area contributed by atoms with Crippen LogP contribution >= 0.6 is 0 Å². The SMILES string of the molecule is Cc1cc2c(N3CCCC4CCCC43)ccc(N)c2cn1. The summed E-state index contributed by atoms with van der Waals surface area (Å²) in [6.07, 6.45) is 8.81. The van der Waals surface area contributed by atoms with Crippen LogP contribution in [0.3, 0.4) is 0 Å². The van der Waals surface area contributed by atoms with Crippen LogP contribution in [0.5, 0.6) is 0 Å². The van der Waals surface area contributed by atoms with Gasteiger partial charge in [0.05, 0.1) is 0 Å². The summed E-state index contributed by atoms with van der Waals surface area (Å²) >= 11 is 0. The van der Waals surface area contributed by atoms with Gasteiger partial charge in [-0.15, -0.1) is 0 Å². The molecule has 3 heteroatoms. The number of anilines is 2. The van der Waals surface area contributed by atoms with Crippen LogP contribution in [-0.2, 0) is 0 Å². The number of hydrogen-bond donors (Lipinski definition) is 1. The zero-order valence-electron chi connectivity index (χ0n) is 12.7. The zero-order chi connectivity index (χ0) is 14.4. The van der Waals surface area contributed by atoms with E-state index in [1.54, 1.807) is 0 Å². The monoisotopic (exact) mass is 281 g/mol. The molecule has 0 spiro atoms. The molecule has 4 rings (SSSR count). The van der Waals surface area contributed by atoms with Gasteiger partial charge in [-0.3, -0.25) is 4.98 Å². The minimum atomic E-state index is 0.735. The van der Waals surface area contributed by atoms with E-state index in [4.69, 9.17) is 5.73 Å². The van der Waals surface area contributed by atoms with Crippen LogP contribution in [0.15, 0.2) is 24.4 Å². The predicted molar refractivity (Wildman–Crippen MR) is 88.6 cm³/mol. The standard InChI is InChI=1S/C18H23N3/c1-12-10-14-15(11-20-12)16(19)7-8-18(14)21-9-3-5-13-4-2-6-17(13)21/h7-8,10-11,13,17H,2-6,9,19H2,1H3. The van der Waals surface area contributed by atoms with Gasteiger partial charge in [-0.1, -0.05) is 6.42 Å². The summed E-state index contributed by atoms with van der Waals surface area (Å²) in [4.78, 5) is 7.08. The molecule has 2 fully saturated rings. The lowest BCUT2D eigenvalue weighted by Crippen LogP contribution is -2.42. The maximum atomic E-state index is 6.15. The number of nitrogen functional groups attached to an aromatic ring is 1. The molecule has 2 atom stereocenters. The van der Waals surface area contributed by atoms with Crippen molar-refractivity contribution in [1.29, 1.82) is 0 Å². The second-order valence-electron chi connectivity index (χ2n) is 6.64. The third-order valence-corrected chi connectivity index (χ3v) is 5.35. The molecule has 21 heavy (non-hydrogen) atoms. The lowest BCUT2D eigenvalue weighted by molar-refractivity contribution is 0.363. The van der Waals surface area contributed by atoms with Gasteiger partial charge in [0.1, 0.15) is 0 Å². The highest BCUT2D eigenvalue weighted by atomic mass is 15.2. The fourth-order valence-corrected chi connectivity index (χ4v) is 4.35. The maximum Gasteiger partial charge on any atom is 0.0451 e. The van der Waals surface area contributed by atoms with Crippen molar-refractivity contribution in [2.45, 2.75) is 45.1 Å². The van der Waals surface area contributed by atoms with Crippen molar-refractivity contribution in [3.63, 3.8) is 0 Å². The number of aryl methyl sites for hydroxylation is 1. The molecule has 1 aliphatic carbocycles. The van der Waals surface area contributed by atoms with Crippen LogP contribution in [0.25, 0.3) is 10.8 Å².